The average Bonchev–Trinajstić information content (AvgIpc) is 2.06. The van der Waals surface area contributed by atoms with Crippen molar-refractivity contribution < 1.29 is 4.98 Å². The van der Waals surface area contributed by atoms with E-state index in [9.17, 15) is 0 Å². The number of aromatic amines is 1. The molecule has 0 aliphatic carbocycles. The molecule has 2 rings (SSSR count). The molecule has 0 radical (unpaired) electrons. The third-order valence-corrected chi connectivity index (χ3v) is 1.92. The van der Waals surface area contributed by atoms with Gasteiger partial charge in [0.2, 0.25) is 5.52 Å². The maximum atomic E-state index is 3.19. The van der Waals surface area contributed by atoms with Crippen LogP contribution in [0.5, 0.6) is 0 Å². The van der Waals surface area contributed by atoms with Crippen LogP contribution in [-0.2, 0) is 0 Å². The molecule has 11 heavy (non-hydrogen) atoms. The predicted octanol–water partition coefficient (Wildman–Crippen LogP) is 1.96. The molecular weight excluding hydrogens is 134 g/mol. The standard InChI is InChI=1S/C10H9N/c1-8-4-2-6-10-9(8)5-3-7-11-10/h2-7H,1H3/p+1. The van der Waals surface area contributed by atoms with Gasteiger partial charge in [0.1, 0.15) is 0 Å². The van der Waals surface area contributed by atoms with Gasteiger partial charge < -0.3 is 0 Å². The van der Waals surface area contributed by atoms with E-state index in [-0.39, 0.29) is 0 Å². The smallest absolute Gasteiger partial charge is 0.211 e. The number of H-pyrrole nitrogens is 1. The van der Waals surface area contributed by atoms with Crippen molar-refractivity contribution in [2.45, 2.75) is 6.92 Å². The first-order chi connectivity index (χ1) is 5.38. The fourth-order valence-corrected chi connectivity index (χ4v) is 1.31. The Kier molecular flexibility index (Phi) is 1.35. The van der Waals surface area contributed by atoms with Crippen LogP contribution in [0.15, 0.2) is 36.5 Å². The van der Waals surface area contributed by atoms with E-state index in [0.717, 1.165) is 0 Å². The molecule has 0 atom stereocenters. The Morgan fingerprint density at radius 1 is 1.09 bits per heavy atom. The van der Waals surface area contributed by atoms with Gasteiger partial charge in [0.15, 0.2) is 6.20 Å². The summed E-state index contributed by atoms with van der Waals surface area (Å²) >= 11 is 0. The van der Waals surface area contributed by atoms with Gasteiger partial charge in [-0.15, -0.1) is 0 Å². The van der Waals surface area contributed by atoms with Crippen molar-refractivity contribution in [3.05, 3.63) is 42.1 Å². The topological polar surface area (TPSA) is 14.1 Å². The largest absolute Gasteiger partial charge is 0.211 e. The van der Waals surface area contributed by atoms with Gasteiger partial charge in [0.25, 0.3) is 0 Å². The van der Waals surface area contributed by atoms with E-state index in [1.54, 1.807) is 0 Å². The molecule has 1 heterocycles. The summed E-state index contributed by atoms with van der Waals surface area (Å²) in [5.74, 6) is 0. The number of benzene rings is 1. The van der Waals surface area contributed by atoms with Crippen LogP contribution >= 0.6 is 0 Å². The molecule has 0 unspecified atom stereocenters. The monoisotopic (exact) mass is 144 g/mol. The summed E-state index contributed by atoms with van der Waals surface area (Å²) in [5, 5.41) is 1.30. The van der Waals surface area contributed by atoms with Crippen molar-refractivity contribution >= 4 is 10.9 Å². The third kappa shape index (κ3) is 0.984. The van der Waals surface area contributed by atoms with Crippen LogP contribution in [-0.4, -0.2) is 0 Å². The average molecular weight is 144 g/mol. The zero-order valence-electron chi connectivity index (χ0n) is 6.46. The Bertz CT molecular complexity index is 374. The van der Waals surface area contributed by atoms with Crippen LogP contribution in [0.25, 0.3) is 10.9 Å². The highest BCUT2D eigenvalue weighted by atomic mass is 14.6. The summed E-state index contributed by atoms with van der Waals surface area (Å²) < 4.78 is 0. The minimum Gasteiger partial charge on any atom is -0.211 e. The molecule has 1 N–H and O–H groups in total. The van der Waals surface area contributed by atoms with Gasteiger partial charge >= 0.3 is 0 Å². The third-order valence-electron chi connectivity index (χ3n) is 1.92. The van der Waals surface area contributed by atoms with Crippen LogP contribution in [0.3, 0.4) is 0 Å². The van der Waals surface area contributed by atoms with Gasteiger partial charge in [-0.25, -0.2) is 4.98 Å². The van der Waals surface area contributed by atoms with E-state index in [0.29, 0.717) is 0 Å². The Morgan fingerprint density at radius 3 is 2.82 bits per heavy atom. The maximum Gasteiger partial charge on any atom is 0.211 e. The zero-order chi connectivity index (χ0) is 7.68. The van der Waals surface area contributed by atoms with Gasteiger partial charge in [0.05, 0.1) is 0 Å². The molecule has 0 fully saturated rings. The van der Waals surface area contributed by atoms with E-state index in [1.165, 1.54) is 16.5 Å². The molecule has 0 spiro atoms. The molecule has 1 aromatic heterocycles. The molecule has 0 amide bonds. The number of fused-ring (bicyclic) bond motifs is 1. The lowest BCUT2D eigenvalue weighted by atomic mass is 10.1. The summed E-state index contributed by atoms with van der Waals surface area (Å²) in [4.78, 5) is 3.19. The number of nitrogens with one attached hydrogen (secondary N) is 1. The van der Waals surface area contributed by atoms with Crippen molar-refractivity contribution in [1.82, 2.24) is 0 Å². The summed E-state index contributed by atoms with van der Waals surface area (Å²) in [6.07, 6.45) is 1.95. The fourth-order valence-electron chi connectivity index (χ4n) is 1.31. The number of hydrogen-bond acceptors (Lipinski definition) is 0. The first-order valence-corrected chi connectivity index (χ1v) is 3.74. The van der Waals surface area contributed by atoms with E-state index < -0.39 is 0 Å². The molecule has 1 heteroatoms. The molecule has 0 saturated heterocycles. The molecule has 0 saturated carbocycles. The van der Waals surface area contributed by atoms with Crippen LogP contribution < -0.4 is 4.98 Å². The molecule has 2 aromatic rings. The van der Waals surface area contributed by atoms with Crippen molar-refractivity contribution in [3.63, 3.8) is 0 Å². The SMILES string of the molecule is Cc1cccc2[nH+]cccc12. The number of hydrogen-bond donors (Lipinski definition) is 0. The Balaban J connectivity index is 2.91. The van der Waals surface area contributed by atoms with E-state index in [4.69, 9.17) is 0 Å². The molecule has 54 valence electrons. The van der Waals surface area contributed by atoms with Crippen molar-refractivity contribution in [2.24, 2.45) is 0 Å². The Hall–Kier alpha value is -1.37. The second-order valence-corrected chi connectivity index (χ2v) is 2.71. The van der Waals surface area contributed by atoms with Crippen molar-refractivity contribution in [1.29, 1.82) is 0 Å². The van der Waals surface area contributed by atoms with Crippen LogP contribution in [0.4, 0.5) is 0 Å². The molecular formula is C10H10N+. The summed E-state index contributed by atoms with van der Waals surface area (Å²) in [6.45, 7) is 2.12. The highest BCUT2D eigenvalue weighted by Gasteiger charge is 1.98. The highest BCUT2D eigenvalue weighted by molar-refractivity contribution is 5.78. The second-order valence-electron chi connectivity index (χ2n) is 2.71. The Morgan fingerprint density at radius 2 is 2.00 bits per heavy atom. The van der Waals surface area contributed by atoms with Crippen LogP contribution in [0, 0.1) is 6.92 Å². The van der Waals surface area contributed by atoms with Crippen LogP contribution in [0.2, 0.25) is 0 Å². The number of aryl methyl sites for hydroxylation is 1. The fraction of sp³-hybridized carbons (Fsp3) is 0.100. The van der Waals surface area contributed by atoms with E-state index in [2.05, 4.69) is 36.2 Å². The highest BCUT2D eigenvalue weighted by Crippen LogP contribution is 2.12. The van der Waals surface area contributed by atoms with Crippen molar-refractivity contribution in [3.8, 4) is 0 Å². The zero-order valence-corrected chi connectivity index (χ0v) is 6.46. The van der Waals surface area contributed by atoms with Gasteiger partial charge in [-0.3, -0.25) is 0 Å². The number of pyridine rings is 1. The molecule has 1 aromatic carbocycles. The molecule has 0 aliphatic rings. The van der Waals surface area contributed by atoms with E-state index >= 15 is 0 Å². The minimum atomic E-state index is 1.20. The maximum absolute atomic E-state index is 3.19. The number of rotatable bonds is 0. The lowest BCUT2D eigenvalue weighted by Gasteiger charge is -1.93. The lowest BCUT2D eigenvalue weighted by Crippen LogP contribution is -2.01. The van der Waals surface area contributed by atoms with Gasteiger partial charge in [0, 0.05) is 17.5 Å². The summed E-state index contributed by atoms with van der Waals surface area (Å²) in [5.41, 5.74) is 2.52. The molecule has 0 bridgehead atoms. The van der Waals surface area contributed by atoms with Crippen molar-refractivity contribution in [2.75, 3.05) is 0 Å². The van der Waals surface area contributed by atoms with E-state index in [1.807, 2.05) is 12.3 Å². The lowest BCUT2D eigenvalue weighted by molar-refractivity contribution is -0.344. The summed E-state index contributed by atoms with van der Waals surface area (Å²) in [6, 6.07) is 10.4. The predicted molar refractivity (Wildman–Crippen MR) is 45.2 cm³/mol. The Labute approximate surface area is 65.7 Å². The quantitative estimate of drug-likeness (QED) is 0.536. The molecule has 0 aliphatic heterocycles. The van der Waals surface area contributed by atoms with Gasteiger partial charge in [-0.05, 0) is 18.6 Å². The normalized spacial score (nSPS) is 10.3. The first kappa shape index (κ1) is 6.35. The second kappa shape index (κ2) is 2.35. The first-order valence-electron chi connectivity index (χ1n) is 3.74. The molecule has 1 nitrogen and oxygen atoms in total. The minimum absolute atomic E-state index is 1.20. The summed E-state index contributed by atoms with van der Waals surface area (Å²) in [7, 11) is 0. The van der Waals surface area contributed by atoms with Gasteiger partial charge in [-0.1, -0.05) is 12.1 Å². The van der Waals surface area contributed by atoms with Crippen LogP contribution in [0.1, 0.15) is 5.56 Å². The number of aromatic nitrogens is 1. The van der Waals surface area contributed by atoms with Gasteiger partial charge in [-0.2, -0.15) is 0 Å².